The molecule has 0 spiro atoms. The van der Waals surface area contributed by atoms with Crippen LogP contribution in [-0.2, 0) is 0 Å². The summed E-state index contributed by atoms with van der Waals surface area (Å²) in [5.74, 6) is -0.564. The van der Waals surface area contributed by atoms with E-state index in [0.717, 1.165) is 0 Å². The van der Waals surface area contributed by atoms with Gasteiger partial charge in [0.15, 0.2) is 5.82 Å². The van der Waals surface area contributed by atoms with Crippen molar-refractivity contribution in [2.24, 2.45) is 0 Å². The molecule has 5 heteroatoms. The topological polar surface area (TPSA) is 23.8 Å². The van der Waals surface area contributed by atoms with Gasteiger partial charge < -0.3 is 0 Å². The summed E-state index contributed by atoms with van der Waals surface area (Å²) in [7, 11) is 0. The highest BCUT2D eigenvalue weighted by atomic mass is 127. The summed E-state index contributed by atoms with van der Waals surface area (Å²) in [6.07, 6.45) is 0. The fraction of sp³-hybridized carbons (Fsp3) is 0. The first-order chi connectivity index (χ1) is 5.57. The van der Waals surface area contributed by atoms with Crippen molar-refractivity contribution in [3.05, 3.63) is 30.5 Å². The maximum atomic E-state index is 13.1. The summed E-state index contributed by atoms with van der Waals surface area (Å²) in [4.78, 5) is 0. The highest BCUT2D eigenvalue weighted by Crippen LogP contribution is 2.30. The second kappa shape index (κ2) is 3.90. The number of benzene rings is 1. The average Bonchev–Trinajstić information content (AvgIpc) is 2.02. The van der Waals surface area contributed by atoms with Crippen molar-refractivity contribution in [2.45, 2.75) is 0 Å². The number of halogens is 4. The minimum atomic E-state index is -0.564. The van der Waals surface area contributed by atoms with Crippen LogP contribution in [0, 0.1) is 20.7 Å². The summed E-state index contributed by atoms with van der Waals surface area (Å²) in [6.45, 7) is 0. The molecule has 0 aromatic heterocycles. The Morgan fingerprint density at radius 2 is 2.25 bits per heavy atom. The molecule has 1 aromatic carbocycles. The van der Waals surface area contributed by atoms with E-state index in [1.54, 1.807) is 28.7 Å². The molecule has 0 N–H and O–H groups in total. The highest BCUT2D eigenvalue weighted by molar-refractivity contribution is 14.1. The second-order valence-electron chi connectivity index (χ2n) is 1.95. The van der Waals surface area contributed by atoms with Crippen molar-refractivity contribution < 1.29 is 4.39 Å². The van der Waals surface area contributed by atoms with Gasteiger partial charge in [-0.25, -0.2) is 4.39 Å². The lowest BCUT2D eigenvalue weighted by Crippen LogP contribution is -1.90. The molecule has 0 aliphatic rings. The number of rotatable bonds is 0. The number of nitrogens with zero attached hydrogens (tertiary/aromatic N) is 1. The van der Waals surface area contributed by atoms with Crippen LogP contribution >= 0.6 is 50.1 Å². The second-order valence-corrected chi connectivity index (χ2v) is 4.35. The Balaban J connectivity index is 3.56. The van der Waals surface area contributed by atoms with Gasteiger partial charge in [-0.05, 0) is 44.6 Å². The third kappa shape index (κ3) is 1.73. The van der Waals surface area contributed by atoms with E-state index >= 15 is 0 Å². The molecule has 0 saturated carbocycles. The van der Waals surface area contributed by atoms with Crippen molar-refractivity contribution >= 4 is 50.1 Å². The largest absolute Gasteiger partial charge is 0.204 e. The molecule has 0 amide bonds. The van der Waals surface area contributed by atoms with E-state index in [2.05, 4.69) is 15.9 Å². The van der Waals surface area contributed by atoms with E-state index in [4.69, 9.17) is 16.9 Å². The summed E-state index contributed by atoms with van der Waals surface area (Å²) in [5.41, 5.74) is -0.115. The Morgan fingerprint density at radius 3 is 2.75 bits per heavy atom. The van der Waals surface area contributed by atoms with Crippen LogP contribution in [0.15, 0.2) is 10.5 Å². The molecule has 0 unspecified atom stereocenters. The monoisotopic (exact) mass is 359 g/mol. The zero-order valence-corrected chi connectivity index (χ0v) is 10.0. The molecule has 62 valence electrons. The molecule has 12 heavy (non-hydrogen) atoms. The predicted molar refractivity (Wildman–Crippen MR) is 56.5 cm³/mol. The Bertz CT molecular complexity index is 348. The highest BCUT2D eigenvalue weighted by Gasteiger charge is 2.13. The Hall–Kier alpha value is 0.140. The van der Waals surface area contributed by atoms with Crippen LogP contribution in [0.1, 0.15) is 5.56 Å². The molecule has 0 aliphatic carbocycles. The summed E-state index contributed by atoms with van der Waals surface area (Å²) >= 11 is 10.6. The van der Waals surface area contributed by atoms with E-state index in [0.29, 0.717) is 8.04 Å². The molecule has 1 aromatic rings. The van der Waals surface area contributed by atoms with Crippen molar-refractivity contribution in [2.75, 3.05) is 0 Å². The lowest BCUT2D eigenvalue weighted by Gasteiger charge is -2.01. The van der Waals surface area contributed by atoms with Crippen LogP contribution in [0.4, 0.5) is 4.39 Å². The van der Waals surface area contributed by atoms with Gasteiger partial charge in [-0.2, -0.15) is 5.26 Å². The summed E-state index contributed by atoms with van der Waals surface area (Å²) in [6, 6.07) is 3.23. The van der Waals surface area contributed by atoms with Crippen LogP contribution in [0.25, 0.3) is 0 Å². The van der Waals surface area contributed by atoms with E-state index < -0.39 is 5.82 Å². The van der Waals surface area contributed by atoms with E-state index in [1.807, 2.05) is 0 Å². The lowest BCUT2D eigenvalue weighted by atomic mass is 10.2. The van der Waals surface area contributed by atoms with Crippen molar-refractivity contribution in [1.82, 2.24) is 0 Å². The van der Waals surface area contributed by atoms with Gasteiger partial charge in [0.25, 0.3) is 0 Å². The minimum absolute atomic E-state index is 0.115. The first kappa shape index (κ1) is 10.2. The average molecular weight is 360 g/mol. The van der Waals surface area contributed by atoms with Gasteiger partial charge in [-0.1, -0.05) is 11.6 Å². The third-order valence-electron chi connectivity index (χ3n) is 1.22. The van der Waals surface area contributed by atoms with Gasteiger partial charge in [0, 0.05) is 4.47 Å². The van der Waals surface area contributed by atoms with E-state index in [9.17, 15) is 4.39 Å². The van der Waals surface area contributed by atoms with Crippen molar-refractivity contribution in [3.8, 4) is 6.07 Å². The van der Waals surface area contributed by atoms with Crippen LogP contribution in [-0.4, -0.2) is 0 Å². The van der Waals surface area contributed by atoms with Gasteiger partial charge in [-0.15, -0.1) is 0 Å². The van der Waals surface area contributed by atoms with E-state index in [1.165, 1.54) is 6.07 Å². The zero-order chi connectivity index (χ0) is 9.30. The van der Waals surface area contributed by atoms with E-state index in [-0.39, 0.29) is 10.6 Å². The first-order valence-corrected chi connectivity index (χ1v) is 5.06. The van der Waals surface area contributed by atoms with Gasteiger partial charge >= 0.3 is 0 Å². The quantitative estimate of drug-likeness (QED) is 0.511. The van der Waals surface area contributed by atoms with Crippen molar-refractivity contribution in [1.29, 1.82) is 5.26 Å². The third-order valence-corrected chi connectivity index (χ3v) is 3.25. The molecular weight excluding hydrogens is 359 g/mol. The maximum absolute atomic E-state index is 13.1. The predicted octanol–water partition coefficient (Wildman–Crippen LogP) is 3.72. The van der Waals surface area contributed by atoms with Gasteiger partial charge in [0.1, 0.15) is 11.6 Å². The molecule has 1 nitrogen and oxygen atoms in total. The molecule has 0 atom stereocenters. The fourth-order valence-electron chi connectivity index (χ4n) is 0.671. The maximum Gasteiger partial charge on any atom is 0.155 e. The molecule has 0 aliphatic heterocycles. The van der Waals surface area contributed by atoms with Crippen LogP contribution < -0.4 is 0 Å². The molecule has 0 heterocycles. The first-order valence-electron chi connectivity index (χ1n) is 2.81. The number of nitriles is 1. The SMILES string of the molecule is N#Cc1c(F)c(I)cc(Br)c1Cl. The Morgan fingerprint density at radius 1 is 1.67 bits per heavy atom. The Labute approximate surface area is 95.8 Å². The van der Waals surface area contributed by atoms with Gasteiger partial charge in [0.2, 0.25) is 0 Å². The summed E-state index contributed by atoms with van der Waals surface area (Å²) < 4.78 is 14.0. The Kier molecular flexibility index (Phi) is 3.32. The summed E-state index contributed by atoms with van der Waals surface area (Å²) in [5, 5.41) is 8.67. The minimum Gasteiger partial charge on any atom is -0.204 e. The molecule has 0 bridgehead atoms. The molecule has 1 rings (SSSR count). The zero-order valence-electron chi connectivity index (χ0n) is 5.54. The number of hydrogen-bond donors (Lipinski definition) is 0. The molecule has 0 fully saturated rings. The van der Waals surface area contributed by atoms with Gasteiger partial charge in [-0.3, -0.25) is 0 Å². The fourth-order valence-corrected chi connectivity index (χ4v) is 2.29. The lowest BCUT2D eigenvalue weighted by molar-refractivity contribution is 0.616. The smallest absolute Gasteiger partial charge is 0.155 e. The molecule has 0 radical (unpaired) electrons. The number of hydrogen-bond acceptors (Lipinski definition) is 1. The standard InChI is InChI=1S/C7HBrClFIN/c8-4-1-5(11)7(10)3(2-12)6(4)9/h1H. The van der Waals surface area contributed by atoms with Gasteiger partial charge in [0.05, 0.1) is 8.59 Å². The molecular formula is C7HBrClFIN. The molecule has 0 saturated heterocycles. The van der Waals surface area contributed by atoms with Crippen molar-refractivity contribution in [3.63, 3.8) is 0 Å². The van der Waals surface area contributed by atoms with Crippen LogP contribution in [0.3, 0.4) is 0 Å². The van der Waals surface area contributed by atoms with Crippen LogP contribution in [0.5, 0.6) is 0 Å². The van der Waals surface area contributed by atoms with Crippen LogP contribution in [0.2, 0.25) is 5.02 Å². The normalized spacial score (nSPS) is 9.58.